The minimum Gasteiger partial charge on any atom is -0.444 e. The van der Waals surface area contributed by atoms with Crippen LogP contribution in [0.25, 0.3) is 0 Å². The van der Waals surface area contributed by atoms with Gasteiger partial charge in [0.2, 0.25) is 27.6 Å². The molecule has 1 heterocycles. The molecule has 4 unspecified atom stereocenters. The monoisotopic (exact) mass is 663 g/mol. The lowest BCUT2D eigenvalue weighted by Gasteiger charge is -2.35. The fourth-order valence-electron chi connectivity index (χ4n) is 6.06. The number of rotatable bonds is 13. The third kappa shape index (κ3) is 9.99. The molecule has 0 bridgehead atoms. The number of ketones is 1. The Morgan fingerprint density at radius 2 is 1.63 bits per heavy atom. The van der Waals surface area contributed by atoms with Crippen LogP contribution >= 0.6 is 0 Å². The van der Waals surface area contributed by atoms with Crippen molar-refractivity contribution in [3.8, 4) is 0 Å². The number of primary amides is 1. The smallest absolute Gasteiger partial charge is 0.408 e. The van der Waals surface area contributed by atoms with Gasteiger partial charge in [-0.3, -0.25) is 19.2 Å². The van der Waals surface area contributed by atoms with Crippen molar-refractivity contribution < 1.29 is 37.1 Å². The number of alkyl carbamates (subject to hydrolysis) is 1. The number of nitrogens with one attached hydrogen (secondary N) is 3. The van der Waals surface area contributed by atoms with E-state index in [4.69, 9.17) is 10.5 Å². The van der Waals surface area contributed by atoms with Gasteiger partial charge in [-0.2, -0.15) is 0 Å². The SMILES string of the molecule is CCCC(NC(=O)C1CC(NS(=O)(=O)c2ccc(CC)cc2)CN1C(=O)C(NC(=O)OC(C)(C)C)C1CCCCC1)C(=O)C(N)=O. The van der Waals surface area contributed by atoms with Gasteiger partial charge in [-0.25, -0.2) is 17.9 Å². The van der Waals surface area contributed by atoms with E-state index in [-0.39, 0.29) is 30.2 Å². The first-order valence-electron chi connectivity index (χ1n) is 16.1. The standard InChI is InChI=1S/C32H49N5O8S/c1-6-11-24(27(38)28(33)39)34-29(40)25-18-22(36-46(43,44)23-16-14-20(7-2)15-17-23)19-37(25)30(41)26(21-12-9-8-10-13-21)35-31(42)45-32(3,4)5/h14-17,21-22,24-26,36H,6-13,18-19H2,1-5H3,(H2,33,39)(H,34,40)(H,35,42). The van der Waals surface area contributed by atoms with Crippen molar-refractivity contribution in [3.63, 3.8) is 0 Å². The first-order valence-corrected chi connectivity index (χ1v) is 17.6. The van der Waals surface area contributed by atoms with Crippen LogP contribution < -0.4 is 21.1 Å². The first kappa shape index (κ1) is 36.9. The van der Waals surface area contributed by atoms with Crippen molar-refractivity contribution in [1.82, 2.24) is 20.3 Å². The quantitative estimate of drug-likeness (QED) is 0.231. The summed E-state index contributed by atoms with van der Waals surface area (Å²) >= 11 is 0. The van der Waals surface area contributed by atoms with Gasteiger partial charge in [0.1, 0.15) is 17.7 Å². The zero-order valence-corrected chi connectivity index (χ0v) is 28.3. The molecule has 46 heavy (non-hydrogen) atoms. The van der Waals surface area contributed by atoms with E-state index in [2.05, 4.69) is 15.4 Å². The molecule has 13 nitrogen and oxygen atoms in total. The molecule has 1 aromatic carbocycles. The van der Waals surface area contributed by atoms with Crippen LogP contribution in [0.15, 0.2) is 29.2 Å². The molecule has 1 saturated heterocycles. The molecular weight excluding hydrogens is 614 g/mol. The van der Waals surface area contributed by atoms with Gasteiger partial charge in [0.05, 0.1) is 10.9 Å². The summed E-state index contributed by atoms with van der Waals surface area (Å²) in [5.74, 6) is -3.67. The molecule has 1 aliphatic carbocycles. The molecule has 1 aromatic rings. The number of benzene rings is 1. The van der Waals surface area contributed by atoms with Crippen LogP contribution in [0.5, 0.6) is 0 Å². The lowest BCUT2D eigenvalue weighted by atomic mass is 9.83. The van der Waals surface area contributed by atoms with Crippen LogP contribution in [0.3, 0.4) is 0 Å². The number of amides is 4. The number of aryl methyl sites for hydroxylation is 1. The first-order chi connectivity index (χ1) is 21.6. The molecule has 2 fully saturated rings. The Morgan fingerprint density at radius 3 is 2.17 bits per heavy atom. The highest BCUT2D eigenvalue weighted by atomic mass is 32.2. The number of carbonyl (C=O) groups excluding carboxylic acids is 5. The molecule has 14 heteroatoms. The molecule has 1 aliphatic heterocycles. The number of nitrogens with two attached hydrogens (primary N) is 1. The third-order valence-electron chi connectivity index (χ3n) is 8.36. The summed E-state index contributed by atoms with van der Waals surface area (Å²) in [6.45, 7) is 8.68. The van der Waals surface area contributed by atoms with E-state index in [1.165, 1.54) is 17.0 Å². The second-order valence-corrected chi connectivity index (χ2v) is 14.9. The number of hydrogen-bond acceptors (Lipinski definition) is 8. The van der Waals surface area contributed by atoms with Crippen LogP contribution in [0.4, 0.5) is 4.79 Å². The van der Waals surface area contributed by atoms with Crippen molar-refractivity contribution in [1.29, 1.82) is 0 Å². The lowest BCUT2D eigenvalue weighted by Crippen LogP contribution is -2.58. The van der Waals surface area contributed by atoms with Gasteiger partial charge in [-0.1, -0.05) is 51.7 Å². The van der Waals surface area contributed by atoms with Gasteiger partial charge >= 0.3 is 6.09 Å². The van der Waals surface area contributed by atoms with Crippen LogP contribution in [0.2, 0.25) is 0 Å². The number of nitrogens with zero attached hydrogens (tertiary/aromatic N) is 1. The fraction of sp³-hybridized carbons (Fsp3) is 0.656. The Bertz CT molecular complexity index is 1370. The molecule has 4 atom stereocenters. The third-order valence-corrected chi connectivity index (χ3v) is 9.90. The molecule has 4 amide bonds. The molecule has 1 saturated carbocycles. The van der Waals surface area contributed by atoms with Crippen molar-refractivity contribution in [3.05, 3.63) is 29.8 Å². The van der Waals surface area contributed by atoms with Crippen LogP contribution in [-0.2, 0) is 40.4 Å². The molecular formula is C32H49N5O8S. The van der Waals surface area contributed by atoms with E-state index < -0.39 is 69.4 Å². The maximum absolute atomic E-state index is 14.3. The van der Waals surface area contributed by atoms with E-state index in [1.807, 2.05) is 6.92 Å². The summed E-state index contributed by atoms with van der Waals surface area (Å²) in [7, 11) is -4.03. The number of Topliss-reactive ketones (excluding diaryl/α,β-unsaturated/α-hetero) is 1. The summed E-state index contributed by atoms with van der Waals surface area (Å²) in [6, 6.07) is 2.14. The molecule has 0 radical (unpaired) electrons. The minimum absolute atomic E-state index is 0.0391. The summed E-state index contributed by atoms with van der Waals surface area (Å²) in [6.07, 6.45) is 4.52. The Labute approximate surface area is 271 Å². The summed E-state index contributed by atoms with van der Waals surface area (Å²) in [4.78, 5) is 66.4. The zero-order chi connectivity index (χ0) is 34.2. The average molecular weight is 664 g/mol. The number of carbonyl (C=O) groups is 5. The summed E-state index contributed by atoms with van der Waals surface area (Å²) < 4.78 is 34.8. The van der Waals surface area contributed by atoms with E-state index in [0.717, 1.165) is 31.2 Å². The Morgan fingerprint density at radius 1 is 1.00 bits per heavy atom. The van der Waals surface area contributed by atoms with Gasteiger partial charge in [-0.05, 0) is 76.5 Å². The second kappa shape index (κ2) is 15.9. The van der Waals surface area contributed by atoms with Gasteiger partial charge in [0.25, 0.3) is 5.91 Å². The number of likely N-dealkylation sites (tertiary alicyclic amines) is 1. The fourth-order valence-corrected chi connectivity index (χ4v) is 7.30. The van der Waals surface area contributed by atoms with Crippen molar-refractivity contribution in [2.75, 3.05) is 6.54 Å². The summed E-state index contributed by atoms with van der Waals surface area (Å²) in [5, 5.41) is 5.31. The molecule has 2 aliphatic rings. The number of sulfonamides is 1. The van der Waals surface area contributed by atoms with Crippen LogP contribution in [0, 0.1) is 5.92 Å². The lowest BCUT2D eigenvalue weighted by molar-refractivity contribution is -0.143. The summed E-state index contributed by atoms with van der Waals surface area (Å²) in [5.41, 5.74) is 5.36. The molecule has 5 N–H and O–H groups in total. The number of ether oxygens (including phenoxy) is 1. The van der Waals surface area contributed by atoms with E-state index >= 15 is 0 Å². The van der Waals surface area contributed by atoms with Crippen molar-refractivity contribution in [2.45, 2.75) is 127 Å². The minimum atomic E-state index is -4.03. The molecule has 0 spiro atoms. The topological polar surface area (TPSA) is 194 Å². The predicted octanol–water partition coefficient (Wildman–Crippen LogP) is 2.31. The van der Waals surface area contributed by atoms with Crippen LogP contribution in [0.1, 0.15) is 91.5 Å². The average Bonchev–Trinajstić information content (AvgIpc) is 3.41. The highest BCUT2D eigenvalue weighted by Gasteiger charge is 2.46. The largest absolute Gasteiger partial charge is 0.444 e. The highest BCUT2D eigenvalue weighted by molar-refractivity contribution is 7.89. The Balaban J connectivity index is 1.94. The molecule has 0 aromatic heterocycles. The van der Waals surface area contributed by atoms with E-state index in [1.54, 1.807) is 39.8 Å². The van der Waals surface area contributed by atoms with E-state index in [0.29, 0.717) is 19.3 Å². The predicted molar refractivity (Wildman–Crippen MR) is 171 cm³/mol. The Hall–Kier alpha value is -3.52. The maximum Gasteiger partial charge on any atom is 0.408 e. The van der Waals surface area contributed by atoms with Gasteiger partial charge < -0.3 is 26.0 Å². The van der Waals surface area contributed by atoms with Gasteiger partial charge in [-0.15, -0.1) is 0 Å². The van der Waals surface area contributed by atoms with Gasteiger partial charge in [0, 0.05) is 12.6 Å². The van der Waals surface area contributed by atoms with Crippen LogP contribution in [-0.4, -0.2) is 79.2 Å². The van der Waals surface area contributed by atoms with Gasteiger partial charge in [0.15, 0.2) is 0 Å². The maximum atomic E-state index is 14.3. The molecule has 3 rings (SSSR count). The Kier molecular flexibility index (Phi) is 12.7. The molecule has 256 valence electrons. The van der Waals surface area contributed by atoms with Crippen molar-refractivity contribution in [2.24, 2.45) is 11.7 Å². The zero-order valence-electron chi connectivity index (χ0n) is 27.5. The number of hydrogen-bond donors (Lipinski definition) is 4. The highest BCUT2D eigenvalue weighted by Crippen LogP contribution is 2.30. The van der Waals surface area contributed by atoms with Crippen molar-refractivity contribution >= 4 is 39.6 Å². The van der Waals surface area contributed by atoms with E-state index in [9.17, 15) is 32.4 Å². The second-order valence-electron chi connectivity index (χ2n) is 13.2. The normalized spacial score (nSPS) is 20.4.